The van der Waals surface area contributed by atoms with Crippen molar-refractivity contribution in [3.63, 3.8) is 0 Å². The molecule has 3 N–H and O–H groups in total. The number of hydrogen-bond donors (Lipinski definition) is 2. The minimum Gasteiger partial charge on any atom is -0.478 e. The fraction of sp³-hybridized carbons (Fsp3) is 0.0833. The van der Waals surface area contributed by atoms with Gasteiger partial charge in [-0.1, -0.05) is 6.07 Å². The van der Waals surface area contributed by atoms with E-state index in [4.69, 9.17) is 10.8 Å². The van der Waals surface area contributed by atoms with Crippen molar-refractivity contribution < 1.29 is 19.1 Å². The molecule has 0 spiro atoms. The fourth-order valence-corrected chi connectivity index (χ4v) is 1.56. The predicted molar refractivity (Wildman–Crippen MR) is 63.2 cm³/mol. The van der Waals surface area contributed by atoms with Crippen LogP contribution in [0.2, 0.25) is 0 Å². The van der Waals surface area contributed by atoms with Crippen LogP contribution in [0.4, 0.5) is 4.39 Å². The number of carbonyl (C=O) groups is 2. The summed E-state index contributed by atoms with van der Waals surface area (Å²) in [5, 5.41) is 12.5. The highest BCUT2D eigenvalue weighted by Gasteiger charge is 2.10. The Kier molecular flexibility index (Phi) is 3.28. The molecule has 7 heteroatoms. The number of carboxylic acid groups (broad SMARTS) is 1. The van der Waals surface area contributed by atoms with Crippen molar-refractivity contribution in [2.45, 2.75) is 6.54 Å². The summed E-state index contributed by atoms with van der Waals surface area (Å²) in [6.07, 6.45) is 2.47. The van der Waals surface area contributed by atoms with Gasteiger partial charge in [-0.3, -0.25) is 9.48 Å². The van der Waals surface area contributed by atoms with E-state index in [0.29, 0.717) is 0 Å². The Morgan fingerprint density at radius 2 is 2.11 bits per heavy atom. The Bertz CT molecular complexity index is 651. The number of carboxylic acids is 1. The summed E-state index contributed by atoms with van der Waals surface area (Å²) in [5.74, 6) is -2.41. The number of nitrogens with zero attached hydrogens (tertiary/aromatic N) is 2. The highest BCUT2D eigenvalue weighted by atomic mass is 19.1. The Labute approximate surface area is 107 Å². The number of hydrogen-bond acceptors (Lipinski definition) is 3. The summed E-state index contributed by atoms with van der Waals surface area (Å²) in [6.45, 7) is 0.0676. The number of halogens is 1. The largest absolute Gasteiger partial charge is 0.478 e. The first-order valence-corrected chi connectivity index (χ1v) is 5.31. The predicted octanol–water partition coefficient (Wildman–Crippen LogP) is 0.868. The minimum atomic E-state index is -1.10. The molecule has 2 rings (SSSR count). The third kappa shape index (κ3) is 2.76. The van der Waals surface area contributed by atoms with Crippen LogP contribution in [0.25, 0.3) is 0 Å². The lowest BCUT2D eigenvalue weighted by Gasteiger charge is -2.04. The number of benzene rings is 1. The summed E-state index contributed by atoms with van der Waals surface area (Å²) >= 11 is 0. The smallest absolute Gasteiger partial charge is 0.338 e. The SMILES string of the molecule is NC(=O)c1ccc(Cn2cc(C(=O)O)cn2)c(F)c1. The monoisotopic (exact) mass is 263 g/mol. The van der Waals surface area contributed by atoms with Crippen LogP contribution >= 0.6 is 0 Å². The van der Waals surface area contributed by atoms with Crippen LogP contribution in [0.15, 0.2) is 30.6 Å². The van der Waals surface area contributed by atoms with Crippen LogP contribution in [0, 0.1) is 5.82 Å². The number of primary amides is 1. The van der Waals surface area contributed by atoms with Crippen molar-refractivity contribution in [2.24, 2.45) is 5.73 Å². The Morgan fingerprint density at radius 3 is 2.63 bits per heavy atom. The van der Waals surface area contributed by atoms with Crippen LogP contribution in [0.1, 0.15) is 26.3 Å². The molecule has 98 valence electrons. The number of rotatable bonds is 4. The van der Waals surface area contributed by atoms with E-state index in [1.807, 2.05) is 0 Å². The van der Waals surface area contributed by atoms with Gasteiger partial charge in [0.1, 0.15) is 5.82 Å². The second kappa shape index (κ2) is 4.89. The zero-order chi connectivity index (χ0) is 14.0. The van der Waals surface area contributed by atoms with Gasteiger partial charge in [-0.15, -0.1) is 0 Å². The molecular weight excluding hydrogens is 253 g/mol. The lowest BCUT2D eigenvalue weighted by molar-refractivity contribution is 0.0696. The van der Waals surface area contributed by atoms with Crippen molar-refractivity contribution in [3.8, 4) is 0 Å². The van der Waals surface area contributed by atoms with Gasteiger partial charge in [0.2, 0.25) is 5.91 Å². The van der Waals surface area contributed by atoms with Crippen LogP contribution in [0.3, 0.4) is 0 Å². The molecule has 6 nitrogen and oxygen atoms in total. The lowest BCUT2D eigenvalue weighted by atomic mass is 10.1. The number of amides is 1. The minimum absolute atomic E-state index is 0.0224. The second-order valence-electron chi connectivity index (χ2n) is 3.90. The first-order chi connectivity index (χ1) is 8.97. The molecule has 1 amide bonds. The Balaban J connectivity index is 2.23. The summed E-state index contributed by atoms with van der Waals surface area (Å²) in [4.78, 5) is 21.5. The van der Waals surface area contributed by atoms with E-state index in [2.05, 4.69) is 5.10 Å². The van der Waals surface area contributed by atoms with Gasteiger partial charge in [-0.2, -0.15) is 5.10 Å². The Morgan fingerprint density at radius 1 is 1.37 bits per heavy atom. The summed E-state index contributed by atoms with van der Waals surface area (Å²) in [6, 6.07) is 3.86. The number of carbonyl (C=O) groups excluding carboxylic acids is 1. The zero-order valence-electron chi connectivity index (χ0n) is 9.71. The molecule has 0 saturated heterocycles. The maximum atomic E-state index is 13.7. The quantitative estimate of drug-likeness (QED) is 0.854. The van der Waals surface area contributed by atoms with Gasteiger partial charge in [-0.05, 0) is 12.1 Å². The van der Waals surface area contributed by atoms with Gasteiger partial charge in [-0.25, -0.2) is 9.18 Å². The normalized spacial score (nSPS) is 10.4. The van der Waals surface area contributed by atoms with Gasteiger partial charge in [0.25, 0.3) is 0 Å². The fourth-order valence-electron chi connectivity index (χ4n) is 1.56. The molecule has 0 saturated carbocycles. The third-order valence-electron chi connectivity index (χ3n) is 2.55. The highest BCUT2D eigenvalue weighted by Crippen LogP contribution is 2.12. The van der Waals surface area contributed by atoms with Crippen molar-refractivity contribution in [1.82, 2.24) is 9.78 Å². The van der Waals surface area contributed by atoms with E-state index in [9.17, 15) is 14.0 Å². The topological polar surface area (TPSA) is 98.2 Å². The zero-order valence-corrected chi connectivity index (χ0v) is 9.71. The van der Waals surface area contributed by atoms with E-state index >= 15 is 0 Å². The second-order valence-corrected chi connectivity index (χ2v) is 3.90. The number of aromatic carboxylic acids is 1. The van der Waals surface area contributed by atoms with E-state index < -0.39 is 17.7 Å². The summed E-state index contributed by atoms with van der Waals surface area (Å²) in [7, 11) is 0. The lowest BCUT2D eigenvalue weighted by Crippen LogP contribution is -2.12. The van der Waals surface area contributed by atoms with E-state index in [-0.39, 0.29) is 23.2 Å². The van der Waals surface area contributed by atoms with Gasteiger partial charge in [0.05, 0.1) is 18.3 Å². The first-order valence-electron chi connectivity index (χ1n) is 5.31. The van der Waals surface area contributed by atoms with Gasteiger partial charge in [0, 0.05) is 17.3 Å². The molecule has 0 radical (unpaired) electrons. The van der Waals surface area contributed by atoms with Crippen LogP contribution in [0.5, 0.6) is 0 Å². The maximum absolute atomic E-state index is 13.7. The van der Waals surface area contributed by atoms with Crippen LogP contribution in [-0.2, 0) is 6.54 Å². The summed E-state index contributed by atoms with van der Waals surface area (Å²) in [5.41, 5.74) is 5.42. The molecule has 1 aromatic carbocycles. The average Bonchev–Trinajstić information content (AvgIpc) is 2.80. The van der Waals surface area contributed by atoms with E-state index in [1.165, 1.54) is 29.2 Å². The van der Waals surface area contributed by atoms with Crippen molar-refractivity contribution >= 4 is 11.9 Å². The molecule has 1 aromatic heterocycles. The van der Waals surface area contributed by atoms with Gasteiger partial charge >= 0.3 is 5.97 Å². The molecule has 0 aliphatic heterocycles. The standard InChI is InChI=1S/C12H10FN3O3/c13-10-3-7(11(14)17)1-2-8(10)5-16-6-9(4-15-16)12(18)19/h1-4,6H,5H2,(H2,14,17)(H,18,19). The average molecular weight is 263 g/mol. The molecule has 0 unspecified atom stereocenters. The van der Waals surface area contributed by atoms with Crippen LogP contribution in [-0.4, -0.2) is 26.8 Å². The van der Waals surface area contributed by atoms with Gasteiger partial charge in [0.15, 0.2) is 0 Å². The molecule has 2 aromatic rings. The molecule has 0 bridgehead atoms. The highest BCUT2D eigenvalue weighted by molar-refractivity contribution is 5.92. The Hall–Kier alpha value is -2.70. The van der Waals surface area contributed by atoms with E-state index in [0.717, 1.165) is 6.07 Å². The van der Waals surface area contributed by atoms with E-state index in [1.54, 1.807) is 0 Å². The summed E-state index contributed by atoms with van der Waals surface area (Å²) < 4.78 is 15.0. The third-order valence-corrected chi connectivity index (χ3v) is 2.55. The van der Waals surface area contributed by atoms with Crippen molar-refractivity contribution in [2.75, 3.05) is 0 Å². The molecule has 0 atom stereocenters. The number of aromatic nitrogens is 2. The maximum Gasteiger partial charge on any atom is 0.338 e. The molecule has 0 aliphatic carbocycles. The van der Waals surface area contributed by atoms with Crippen molar-refractivity contribution in [1.29, 1.82) is 0 Å². The van der Waals surface area contributed by atoms with Crippen molar-refractivity contribution in [3.05, 3.63) is 53.1 Å². The van der Waals surface area contributed by atoms with Crippen LogP contribution < -0.4 is 5.73 Å². The molecule has 0 aliphatic rings. The number of nitrogens with two attached hydrogens (primary N) is 1. The molecular formula is C12H10FN3O3. The molecule has 19 heavy (non-hydrogen) atoms. The molecule has 1 heterocycles. The molecule has 0 fully saturated rings. The first kappa shape index (κ1) is 12.7. The van der Waals surface area contributed by atoms with Gasteiger partial charge < -0.3 is 10.8 Å².